The lowest BCUT2D eigenvalue weighted by molar-refractivity contribution is -0.131. The Bertz CT molecular complexity index is 289. The van der Waals surface area contributed by atoms with E-state index in [-0.39, 0.29) is 17.9 Å². The molecule has 2 fully saturated rings. The molecule has 0 radical (unpaired) electrons. The van der Waals surface area contributed by atoms with Gasteiger partial charge in [-0.05, 0) is 31.7 Å². The van der Waals surface area contributed by atoms with Crippen molar-refractivity contribution in [2.75, 3.05) is 26.7 Å². The Morgan fingerprint density at radius 3 is 2.75 bits per heavy atom. The standard InChI is InChI=1S/C11H19N3O2/c1-14-5-4-9(11(14)16)13-10(15)7-12-6-8-2-3-8/h8-9,12H,2-7H2,1H3,(H,13,15). The number of likely N-dealkylation sites (N-methyl/N-ethyl adjacent to an activating group) is 1. The molecule has 16 heavy (non-hydrogen) atoms. The topological polar surface area (TPSA) is 61.4 Å². The zero-order valence-electron chi connectivity index (χ0n) is 9.66. The molecule has 1 unspecified atom stereocenters. The summed E-state index contributed by atoms with van der Waals surface area (Å²) >= 11 is 0. The highest BCUT2D eigenvalue weighted by Gasteiger charge is 2.30. The lowest BCUT2D eigenvalue weighted by atomic mass is 10.2. The van der Waals surface area contributed by atoms with E-state index in [1.54, 1.807) is 11.9 Å². The summed E-state index contributed by atoms with van der Waals surface area (Å²) in [6.45, 7) is 1.98. The summed E-state index contributed by atoms with van der Waals surface area (Å²) in [5.41, 5.74) is 0. The lowest BCUT2D eigenvalue weighted by Gasteiger charge is -2.12. The zero-order chi connectivity index (χ0) is 11.5. The normalized spacial score (nSPS) is 24.9. The van der Waals surface area contributed by atoms with Crippen molar-refractivity contribution in [3.05, 3.63) is 0 Å². The van der Waals surface area contributed by atoms with Crippen molar-refractivity contribution in [3.63, 3.8) is 0 Å². The van der Waals surface area contributed by atoms with E-state index in [0.717, 1.165) is 25.4 Å². The van der Waals surface area contributed by atoms with Crippen LogP contribution in [0.2, 0.25) is 0 Å². The monoisotopic (exact) mass is 225 g/mol. The molecule has 2 N–H and O–H groups in total. The maximum Gasteiger partial charge on any atom is 0.244 e. The SMILES string of the molecule is CN1CCC(NC(=O)CNCC2CC2)C1=O. The molecule has 0 spiro atoms. The summed E-state index contributed by atoms with van der Waals surface area (Å²) in [6.07, 6.45) is 3.28. The number of likely N-dealkylation sites (tertiary alicyclic amines) is 1. The zero-order valence-corrected chi connectivity index (χ0v) is 9.66. The van der Waals surface area contributed by atoms with E-state index in [1.165, 1.54) is 12.8 Å². The van der Waals surface area contributed by atoms with E-state index in [4.69, 9.17) is 0 Å². The van der Waals surface area contributed by atoms with Crippen LogP contribution in [0.1, 0.15) is 19.3 Å². The minimum absolute atomic E-state index is 0.0237. The molecule has 0 aromatic carbocycles. The third-order valence-electron chi connectivity index (χ3n) is 3.18. The molecule has 5 heteroatoms. The van der Waals surface area contributed by atoms with Gasteiger partial charge in [0.15, 0.2) is 0 Å². The largest absolute Gasteiger partial charge is 0.344 e. The fourth-order valence-corrected chi connectivity index (χ4v) is 1.91. The summed E-state index contributed by atoms with van der Waals surface area (Å²) in [5.74, 6) is 0.719. The van der Waals surface area contributed by atoms with Crippen molar-refractivity contribution in [2.24, 2.45) is 5.92 Å². The van der Waals surface area contributed by atoms with E-state index in [0.29, 0.717) is 6.54 Å². The Balaban J connectivity index is 1.64. The Morgan fingerprint density at radius 1 is 1.44 bits per heavy atom. The fourth-order valence-electron chi connectivity index (χ4n) is 1.91. The van der Waals surface area contributed by atoms with Crippen LogP contribution < -0.4 is 10.6 Å². The van der Waals surface area contributed by atoms with Crippen LogP contribution in [0.15, 0.2) is 0 Å². The molecular weight excluding hydrogens is 206 g/mol. The summed E-state index contributed by atoms with van der Waals surface area (Å²) < 4.78 is 0. The smallest absolute Gasteiger partial charge is 0.244 e. The summed E-state index contributed by atoms with van der Waals surface area (Å²) in [4.78, 5) is 24.7. The van der Waals surface area contributed by atoms with Crippen molar-refractivity contribution < 1.29 is 9.59 Å². The molecule has 1 aliphatic carbocycles. The van der Waals surface area contributed by atoms with Gasteiger partial charge in [-0.15, -0.1) is 0 Å². The van der Waals surface area contributed by atoms with Crippen molar-refractivity contribution >= 4 is 11.8 Å². The number of carbonyl (C=O) groups excluding carboxylic acids is 2. The predicted octanol–water partition coefficient (Wildman–Crippen LogP) is -0.667. The number of amides is 2. The number of rotatable bonds is 5. The quantitative estimate of drug-likeness (QED) is 0.652. The molecule has 2 amide bonds. The van der Waals surface area contributed by atoms with Crippen LogP contribution in [0.4, 0.5) is 0 Å². The first-order valence-corrected chi connectivity index (χ1v) is 5.92. The molecule has 0 bridgehead atoms. The molecule has 2 aliphatic rings. The fraction of sp³-hybridized carbons (Fsp3) is 0.818. The van der Waals surface area contributed by atoms with E-state index in [1.807, 2.05) is 0 Å². The van der Waals surface area contributed by atoms with Gasteiger partial charge in [-0.2, -0.15) is 0 Å². The number of hydrogen-bond acceptors (Lipinski definition) is 3. The van der Waals surface area contributed by atoms with Gasteiger partial charge < -0.3 is 15.5 Å². The molecule has 5 nitrogen and oxygen atoms in total. The average molecular weight is 225 g/mol. The van der Waals surface area contributed by atoms with E-state index < -0.39 is 0 Å². The highest BCUT2D eigenvalue weighted by molar-refractivity contribution is 5.89. The molecular formula is C11H19N3O2. The maximum absolute atomic E-state index is 11.5. The first kappa shape index (κ1) is 11.4. The summed E-state index contributed by atoms with van der Waals surface area (Å²) in [7, 11) is 1.76. The summed E-state index contributed by atoms with van der Waals surface area (Å²) in [6, 6.07) is -0.305. The second-order valence-electron chi connectivity index (χ2n) is 4.74. The second-order valence-corrected chi connectivity index (χ2v) is 4.74. The Morgan fingerprint density at radius 2 is 2.19 bits per heavy atom. The predicted molar refractivity (Wildman–Crippen MR) is 59.8 cm³/mol. The molecule has 0 aromatic heterocycles. The summed E-state index contributed by atoms with van der Waals surface area (Å²) in [5, 5.41) is 5.87. The van der Waals surface area contributed by atoms with Gasteiger partial charge >= 0.3 is 0 Å². The minimum atomic E-state index is -0.305. The van der Waals surface area contributed by atoms with Gasteiger partial charge in [-0.25, -0.2) is 0 Å². The van der Waals surface area contributed by atoms with Crippen LogP contribution in [-0.4, -0.2) is 49.4 Å². The Kier molecular flexibility index (Phi) is 3.43. The first-order chi connectivity index (χ1) is 7.66. The average Bonchev–Trinajstić information content (AvgIpc) is 3.01. The third-order valence-corrected chi connectivity index (χ3v) is 3.18. The molecule has 1 aliphatic heterocycles. The lowest BCUT2D eigenvalue weighted by Crippen LogP contribution is -2.44. The van der Waals surface area contributed by atoms with E-state index >= 15 is 0 Å². The Hall–Kier alpha value is -1.10. The molecule has 2 rings (SSSR count). The maximum atomic E-state index is 11.5. The third kappa shape index (κ3) is 2.95. The van der Waals surface area contributed by atoms with Gasteiger partial charge in [0.1, 0.15) is 6.04 Å². The highest BCUT2D eigenvalue weighted by Crippen LogP contribution is 2.27. The molecule has 1 saturated heterocycles. The van der Waals surface area contributed by atoms with Gasteiger partial charge in [-0.1, -0.05) is 0 Å². The van der Waals surface area contributed by atoms with Gasteiger partial charge in [0.25, 0.3) is 0 Å². The van der Waals surface area contributed by atoms with E-state index in [2.05, 4.69) is 10.6 Å². The van der Waals surface area contributed by atoms with Crippen LogP contribution in [-0.2, 0) is 9.59 Å². The molecule has 1 heterocycles. The second kappa shape index (κ2) is 4.82. The van der Waals surface area contributed by atoms with Crippen LogP contribution in [0.25, 0.3) is 0 Å². The molecule has 90 valence electrons. The van der Waals surface area contributed by atoms with E-state index in [9.17, 15) is 9.59 Å². The van der Waals surface area contributed by atoms with Crippen molar-refractivity contribution in [1.29, 1.82) is 0 Å². The minimum Gasteiger partial charge on any atom is -0.344 e. The molecule has 0 aromatic rings. The van der Waals surface area contributed by atoms with Gasteiger partial charge in [0.2, 0.25) is 11.8 Å². The molecule has 1 saturated carbocycles. The van der Waals surface area contributed by atoms with Crippen LogP contribution >= 0.6 is 0 Å². The number of nitrogens with one attached hydrogen (secondary N) is 2. The van der Waals surface area contributed by atoms with Crippen LogP contribution in [0.3, 0.4) is 0 Å². The highest BCUT2D eigenvalue weighted by atomic mass is 16.2. The van der Waals surface area contributed by atoms with Gasteiger partial charge in [0, 0.05) is 13.6 Å². The van der Waals surface area contributed by atoms with Gasteiger partial charge in [0.05, 0.1) is 6.54 Å². The van der Waals surface area contributed by atoms with Crippen LogP contribution in [0, 0.1) is 5.92 Å². The van der Waals surface area contributed by atoms with Gasteiger partial charge in [-0.3, -0.25) is 9.59 Å². The van der Waals surface area contributed by atoms with Crippen molar-refractivity contribution in [2.45, 2.75) is 25.3 Å². The first-order valence-electron chi connectivity index (χ1n) is 5.92. The number of carbonyl (C=O) groups is 2. The molecule has 1 atom stereocenters. The Labute approximate surface area is 95.6 Å². The van der Waals surface area contributed by atoms with Crippen LogP contribution in [0.5, 0.6) is 0 Å². The number of hydrogen-bond donors (Lipinski definition) is 2. The van der Waals surface area contributed by atoms with Crippen molar-refractivity contribution in [1.82, 2.24) is 15.5 Å². The van der Waals surface area contributed by atoms with Crippen molar-refractivity contribution in [3.8, 4) is 0 Å². The number of nitrogens with zero attached hydrogens (tertiary/aromatic N) is 1.